The van der Waals surface area contributed by atoms with Gasteiger partial charge in [-0.05, 0) is 38.5 Å². The fourth-order valence-corrected chi connectivity index (χ4v) is 3.66. The number of hydrogen-bond donors (Lipinski definition) is 1. The molecule has 3 fully saturated rings. The fraction of sp³-hybridized carbons (Fsp3) is 0.875. The molecule has 112 valence electrons. The number of rotatable bonds is 3. The van der Waals surface area contributed by atoms with E-state index in [1.54, 1.807) is 0 Å². The van der Waals surface area contributed by atoms with Gasteiger partial charge < -0.3 is 10.2 Å². The van der Waals surface area contributed by atoms with Crippen LogP contribution in [0.3, 0.4) is 0 Å². The molecule has 2 aliphatic carbocycles. The van der Waals surface area contributed by atoms with Crippen LogP contribution in [0.2, 0.25) is 0 Å². The van der Waals surface area contributed by atoms with E-state index in [0.29, 0.717) is 11.8 Å². The Bertz CT molecular complexity index is 365. The maximum absolute atomic E-state index is 12.2. The number of nitrogens with zero attached hydrogens (tertiary/aromatic N) is 1. The van der Waals surface area contributed by atoms with Crippen molar-refractivity contribution in [2.24, 2.45) is 11.8 Å². The molecule has 1 saturated heterocycles. The lowest BCUT2D eigenvalue weighted by Gasteiger charge is -2.37. The monoisotopic (exact) mass is 278 g/mol. The van der Waals surface area contributed by atoms with E-state index in [4.69, 9.17) is 0 Å². The van der Waals surface area contributed by atoms with Crippen molar-refractivity contribution in [1.82, 2.24) is 10.2 Å². The molecular formula is C16H26N2O2. The van der Waals surface area contributed by atoms with Gasteiger partial charge in [-0.15, -0.1) is 0 Å². The summed E-state index contributed by atoms with van der Waals surface area (Å²) in [5, 5.41) is 3.20. The van der Waals surface area contributed by atoms with Gasteiger partial charge in [0.15, 0.2) is 0 Å². The Morgan fingerprint density at radius 1 is 0.800 bits per heavy atom. The largest absolute Gasteiger partial charge is 0.353 e. The van der Waals surface area contributed by atoms with Crippen molar-refractivity contribution in [3.8, 4) is 0 Å². The second-order valence-corrected chi connectivity index (χ2v) is 6.72. The number of carbonyl (C=O) groups is 2. The second kappa shape index (κ2) is 6.15. The third kappa shape index (κ3) is 2.99. The molecule has 2 saturated carbocycles. The van der Waals surface area contributed by atoms with E-state index in [2.05, 4.69) is 5.32 Å². The summed E-state index contributed by atoms with van der Waals surface area (Å²) >= 11 is 0. The summed E-state index contributed by atoms with van der Waals surface area (Å²) in [7, 11) is 0. The first-order valence-electron chi connectivity index (χ1n) is 8.33. The maximum Gasteiger partial charge on any atom is 0.225 e. The Balaban J connectivity index is 1.41. The average Bonchev–Trinajstić information content (AvgIpc) is 2.91. The first-order valence-corrected chi connectivity index (χ1v) is 8.33. The molecule has 0 aromatic heterocycles. The second-order valence-electron chi connectivity index (χ2n) is 6.72. The molecule has 2 amide bonds. The molecule has 0 atom stereocenters. The van der Waals surface area contributed by atoms with Gasteiger partial charge in [0, 0.05) is 31.0 Å². The zero-order valence-electron chi connectivity index (χ0n) is 12.3. The standard InChI is InChI=1S/C16H26N2O2/c19-15(12-4-1-2-5-12)17-14-8-10-18(11-9-14)16(20)13-6-3-7-13/h12-14H,1-11H2,(H,17,19). The van der Waals surface area contributed by atoms with Gasteiger partial charge in [-0.2, -0.15) is 0 Å². The third-order valence-corrected chi connectivity index (χ3v) is 5.33. The molecule has 0 bridgehead atoms. The van der Waals surface area contributed by atoms with Crippen molar-refractivity contribution < 1.29 is 9.59 Å². The van der Waals surface area contributed by atoms with Crippen LogP contribution >= 0.6 is 0 Å². The van der Waals surface area contributed by atoms with Gasteiger partial charge in [0.1, 0.15) is 0 Å². The van der Waals surface area contributed by atoms with E-state index >= 15 is 0 Å². The van der Waals surface area contributed by atoms with Crippen LogP contribution in [0, 0.1) is 11.8 Å². The SMILES string of the molecule is O=C(NC1CCN(C(=O)C2CCC2)CC1)C1CCCC1. The van der Waals surface area contributed by atoms with Crippen molar-refractivity contribution in [3.05, 3.63) is 0 Å². The van der Waals surface area contributed by atoms with Crippen molar-refractivity contribution in [2.45, 2.75) is 63.8 Å². The van der Waals surface area contributed by atoms with E-state index in [1.807, 2.05) is 4.90 Å². The molecule has 4 nitrogen and oxygen atoms in total. The lowest BCUT2D eigenvalue weighted by atomic mass is 9.84. The molecule has 20 heavy (non-hydrogen) atoms. The normalized spacial score (nSPS) is 25.5. The zero-order chi connectivity index (χ0) is 13.9. The quantitative estimate of drug-likeness (QED) is 0.859. The molecule has 0 aromatic rings. The summed E-state index contributed by atoms with van der Waals surface area (Å²) in [6.45, 7) is 1.65. The Morgan fingerprint density at radius 2 is 1.40 bits per heavy atom. The van der Waals surface area contributed by atoms with Gasteiger partial charge in [0.2, 0.25) is 11.8 Å². The van der Waals surface area contributed by atoms with E-state index in [9.17, 15) is 9.59 Å². The van der Waals surface area contributed by atoms with Gasteiger partial charge in [0.25, 0.3) is 0 Å². The van der Waals surface area contributed by atoms with Gasteiger partial charge in [0.05, 0.1) is 0 Å². The highest BCUT2D eigenvalue weighted by Gasteiger charge is 2.32. The third-order valence-electron chi connectivity index (χ3n) is 5.33. The van der Waals surface area contributed by atoms with E-state index < -0.39 is 0 Å². The van der Waals surface area contributed by atoms with Gasteiger partial charge in [-0.25, -0.2) is 0 Å². The van der Waals surface area contributed by atoms with Crippen LogP contribution in [-0.4, -0.2) is 35.8 Å². The molecule has 0 radical (unpaired) electrons. The average molecular weight is 278 g/mol. The smallest absolute Gasteiger partial charge is 0.225 e. The van der Waals surface area contributed by atoms with Crippen LogP contribution in [-0.2, 0) is 9.59 Å². The summed E-state index contributed by atoms with van der Waals surface area (Å²) in [5.74, 6) is 1.17. The van der Waals surface area contributed by atoms with Crippen LogP contribution in [0.25, 0.3) is 0 Å². The molecule has 3 rings (SSSR count). The lowest BCUT2D eigenvalue weighted by molar-refractivity contribution is -0.139. The van der Waals surface area contributed by atoms with Crippen molar-refractivity contribution in [2.75, 3.05) is 13.1 Å². The highest BCUT2D eigenvalue weighted by Crippen LogP contribution is 2.29. The summed E-state index contributed by atoms with van der Waals surface area (Å²) < 4.78 is 0. The molecule has 1 aliphatic heterocycles. The van der Waals surface area contributed by atoms with E-state index in [1.165, 1.54) is 19.3 Å². The first-order chi connectivity index (χ1) is 9.74. The Kier molecular flexibility index (Phi) is 4.27. The molecule has 1 heterocycles. The Hall–Kier alpha value is -1.06. The maximum atomic E-state index is 12.2. The molecule has 4 heteroatoms. The predicted octanol–water partition coefficient (Wildman–Crippen LogP) is 2.08. The predicted molar refractivity (Wildman–Crippen MR) is 77.0 cm³/mol. The van der Waals surface area contributed by atoms with E-state index in [0.717, 1.165) is 51.6 Å². The Morgan fingerprint density at radius 3 is 1.95 bits per heavy atom. The van der Waals surface area contributed by atoms with Crippen molar-refractivity contribution in [3.63, 3.8) is 0 Å². The van der Waals surface area contributed by atoms with Gasteiger partial charge in [-0.1, -0.05) is 19.3 Å². The van der Waals surface area contributed by atoms with Crippen molar-refractivity contribution >= 4 is 11.8 Å². The highest BCUT2D eigenvalue weighted by molar-refractivity contribution is 5.80. The molecule has 3 aliphatic rings. The van der Waals surface area contributed by atoms with Crippen molar-refractivity contribution in [1.29, 1.82) is 0 Å². The molecule has 0 spiro atoms. The van der Waals surface area contributed by atoms with Crippen LogP contribution in [0.15, 0.2) is 0 Å². The van der Waals surface area contributed by atoms with Crippen LogP contribution in [0.5, 0.6) is 0 Å². The minimum absolute atomic E-state index is 0.254. The van der Waals surface area contributed by atoms with E-state index in [-0.39, 0.29) is 17.9 Å². The Labute approximate surface area is 121 Å². The minimum atomic E-state index is 0.254. The fourth-order valence-electron chi connectivity index (χ4n) is 3.66. The summed E-state index contributed by atoms with van der Waals surface area (Å²) in [6.07, 6.45) is 9.75. The highest BCUT2D eigenvalue weighted by atomic mass is 16.2. The number of likely N-dealkylation sites (tertiary alicyclic amines) is 1. The zero-order valence-corrected chi connectivity index (χ0v) is 12.3. The topological polar surface area (TPSA) is 49.4 Å². The first kappa shape index (κ1) is 13.9. The van der Waals surface area contributed by atoms with Crippen LogP contribution in [0.4, 0.5) is 0 Å². The van der Waals surface area contributed by atoms with Gasteiger partial charge in [-0.3, -0.25) is 9.59 Å². The van der Waals surface area contributed by atoms with Gasteiger partial charge >= 0.3 is 0 Å². The number of amides is 2. The lowest BCUT2D eigenvalue weighted by Crippen LogP contribution is -2.49. The summed E-state index contributed by atoms with van der Waals surface area (Å²) in [6, 6.07) is 0.286. The van der Waals surface area contributed by atoms with Crippen LogP contribution < -0.4 is 5.32 Å². The molecular weight excluding hydrogens is 252 g/mol. The summed E-state index contributed by atoms with van der Waals surface area (Å²) in [5.41, 5.74) is 0. The number of piperidine rings is 1. The van der Waals surface area contributed by atoms with Crippen LogP contribution in [0.1, 0.15) is 57.8 Å². The number of carbonyl (C=O) groups excluding carboxylic acids is 2. The number of hydrogen-bond acceptors (Lipinski definition) is 2. The number of nitrogens with one attached hydrogen (secondary N) is 1. The molecule has 0 aromatic carbocycles. The minimum Gasteiger partial charge on any atom is -0.353 e. The summed E-state index contributed by atoms with van der Waals surface area (Å²) in [4.78, 5) is 26.3. The molecule has 1 N–H and O–H groups in total. The molecule has 0 unspecified atom stereocenters.